The van der Waals surface area contributed by atoms with Crippen molar-refractivity contribution in [3.05, 3.63) is 28.8 Å². The Bertz CT molecular complexity index is 529. The zero-order valence-electron chi connectivity index (χ0n) is 15.3. The molecule has 134 valence electrons. The van der Waals surface area contributed by atoms with Gasteiger partial charge in [-0.05, 0) is 44.9 Å². The van der Waals surface area contributed by atoms with Crippen molar-refractivity contribution >= 4 is 11.6 Å². The van der Waals surface area contributed by atoms with E-state index in [1.807, 2.05) is 13.8 Å². The Morgan fingerprint density at radius 1 is 1.04 bits per heavy atom. The SMILES string of the molecule is Cc1cc(C)c(NC(=O)CCCN2CCN(CCO)CC2)c(C)c1. The van der Waals surface area contributed by atoms with Crippen molar-refractivity contribution in [2.75, 3.05) is 51.2 Å². The summed E-state index contributed by atoms with van der Waals surface area (Å²) in [4.78, 5) is 16.9. The third-order valence-corrected chi connectivity index (χ3v) is 4.70. The van der Waals surface area contributed by atoms with Crippen LogP contribution in [0.25, 0.3) is 0 Å². The number of aliphatic hydroxyl groups is 1. The number of piperazine rings is 1. The molecule has 0 saturated carbocycles. The van der Waals surface area contributed by atoms with E-state index in [4.69, 9.17) is 5.11 Å². The fraction of sp³-hybridized carbons (Fsp3) is 0.632. The van der Waals surface area contributed by atoms with Gasteiger partial charge in [-0.25, -0.2) is 0 Å². The van der Waals surface area contributed by atoms with Crippen LogP contribution in [0.15, 0.2) is 12.1 Å². The molecular weight excluding hydrogens is 302 g/mol. The molecule has 1 aromatic carbocycles. The van der Waals surface area contributed by atoms with Gasteiger partial charge in [0.1, 0.15) is 0 Å². The molecule has 1 aliphatic rings. The van der Waals surface area contributed by atoms with Crippen LogP contribution >= 0.6 is 0 Å². The second-order valence-corrected chi connectivity index (χ2v) is 6.83. The number of aliphatic hydroxyl groups excluding tert-OH is 1. The molecule has 1 aliphatic heterocycles. The Morgan fingerprint density at radius 3 is 2.12 bits per heavy atom. The predicted octanol–water partition coefficient (Wildman–Crippen LogP) is 1.94. The van der Waals surface area contributed by atoms with E-state index in [2.05, 4.69) is 34.2 Å². The second kappa shape index (κ2) is 9.16. The number of hydrogen-bond donors (Lipinski definition) is 2. The maximum Gasteiger partial charge on any atom is 0.224 e. The van der Waals surface area contributed by atoms with Gasteiger partial charge in [0.15, 0.2) is 0 Å². The number of nitrogens with one attached hydrogen (secondary N) is 1. The summed E-state index contributed by atoms with van der Waals surface area (Å²) < 4.78 is 0. The Hall–Kier alpha value is -1.43. The molecule has 0 aromatic heterocycles. The van der Waals surface area contributed by atoms with Gasteiger partial charge in [-0.1, -0.05) is 17.7 Å². The normalized spacial score (nSPS) is 16.3. The first-order valence-corrected chi connectivity index (χ1v) is 8.93. The minimum atomic E-state index is 0.101. The number of carbonyl (C=O) groups excluding carboxylic acids is 1. The van der Waals surface area contributed by atoms with Crippen molar-refractivity contribution in [3.8, 4) is 0 Å². The van der Waals surface area contributed by atoms with Crippen LogP contribution in [-0.2, 0) is 4.79 Å². The highest BCUT2D eigenvalue weighted by Gasteiger charge is 2.16. The van der Waals surface area contributed by atoms with Crippen molar-refractivity contribution in [2.45, 2.75) is 33.6 Å². The van der Waals surface area contributed by atoms with Gasteiger partial charge in [0.25, 0.3) is 0 Å². The quantitative estimate of drug-likeness (QED) is 0.801. The van der Waals surface area contributed by atoms with E-state index in [1.165, 1.54) is 5.56 Å². The average molecular weight is 333 g/mol. The standard InChI is InChI=1S/C19H31N3O2/c1-15-13-16(2)19(17(3)14-15)20-18(24)5-4-6-21-7-9-22(10-8-21)11-12-23/h13-14,23H,4-12H2,1-3H3,(H,20,24). The van der Waals surface area contributed by atoms with Crippen LogP contribution in [-0.4, -0.2) is 66.7 Å². The number of β-amino-alcohol motifs (C(OH)–C–C–N with tert-alkyl or cyclic N) is 1. The van der Waals surface area contributed by atoms with Crippen molar-refractivity contribution in [1.82, 2.24) is 9.80 Å². The lowest BCUT2D eigenvalue weighted by atomic mass is 10.0. The van der Waals surface area contributed by atoms with Crippen LogP contribution in [0.4, 0.5) is 5.69 Å². The fourth-order valence-corrected chi connectivity index (χ4v) is 3.42. The van der Waals surface area contributed by atoms with Gasteiger partial charge in [0, 0.05) is 44.8 Å². The summed E-state index contributed by atoms with van der Waals surface area (Å²) in [6.07, 6.45) is 1.44. The average Bonchev–Trinajstić information content (AvgIpc) is 2.53. The Labute approximate surface area is 145 Å². The van der Waals surface area contributed by atoms with E-state index < -0.39 is 0 Å². The summed E-state index contributed by atoms with van der Waals surface area (Å²) in [5, 5.41) is 12.0. The van der Waals surface area contributed by atoms with Crippen LogP contribution in [0.2, 0.25) is 0 Å². The summed E-state index contributed by atoms with van der Waals surface area (Å²) in [5.74, 6) is 0.101. The third-order valence-electron chi connectivity index (χ3n) is 4.70. The molecule has 0 radical (unpaired) electrons. The highest BCUT2D eigenvalue weighted by atomic mass is 16.3. The van der Waals surface area contributed by atoms with E-state index in [1.54, 1.807) is 0 Å². The van der Waals surface area contributed by atoms with Crippen molar-refractivity contribution < 1.29 is 9.90 Å². The number of amides is 1. The number of nitrogens with zero attached hydrogens (tertiary/aromatic N) is 2. The molecule has 1 saturated heterocycles. The van der Waals surface area contributed by atoms with Gasteiger partial charge in [-0.15, -0.1) is 0 Å². The van der Waals surface area contributed by atoms with Crippen molar-refractivity contribution in [1.29, 1.82) is 0 Å². The molecule has 1 fully saturated rings. The first-order valence-electron chi connectivity index (χ1n) is 8.93. The zero-order valence-corrected chi connectivity index (χ0v) is 15.3. The van der Waals surface area contributed by atoms with E-state index in [0.717, 1.165) is 62.5 Å². The summed E-state index contributed by atoms with van der Waals surface area (Å²) in [5.41, 5.74) is 4.44. The molecule has 2 N–H and O–H groups in total. The third kappa shape index (κ3) is 5.58. The Morgan fingerprint density at radius 2 is 1.58 bits per heavy atom. The van der Waals surface area contributed by atoms with Crippen LogP contribution in [0.5, 0.6) is 0 Å². The second-order valence-electron chi connectivity index (χ2n) is 6.83. The van der Waals surface area contributed by atoms with Gasteiger partial charge in [-0.2, -0.15) is 0 Å². The predicted molar refractivity (Wildman–Crippen MR) is 98.5 cm³/mol. The summed E-state index contributed by atoms with van der Waals surface area (Å²) in [7, 11) is 0. The summed E-state index contributed by atoms with van der Waals surface area (Å²) in [6, 6.07) is 4.21. The maximum atomic E-state index is 12.2. The molecule has 1 heterocycles. The van der Waals surface area contributed by atoms with Gasteiger partial charge < -0.3 is 15.3 Å². The molecule has 1 aromatic rings. The topological polar surface area (TPSA) is 55.8 Å². The summed E-state index contributed by atoms with van der Waals surface area (Å²) in [6.45, 7) is 12.2. The highest BCUT2D eigenvalue weighted by molar-refractivity contribution is 5.92. The van der Waals surface area contributed by atoms with Crippen LogP contribution < -0.4 is 5.32 Å². The lowest BCUT2D eigenvalue weighted by Crippen LogP contribution is -2.47. The van der Waals surface area contributed by atoms with Crippen LogP contribution in [0, 0.1) is 20.8 Å². The van der Waals surface area contributed by atoms with Gasteiger partial charge >= 0.3 is 0 Å². The minimum Gasteiger partial charge on any atom is -0.395 e. The number of benzene rings is 1. The molecule has 24 heavy (non-hydrogen) atoms. The highest BCUT2D eigenvalue weighted by Crippen LogP contribution is 2.22. The van der Waals surface area contributed by atoms with E-state index in [-0.39, 0.29) is 12.5 Å². The van der Waals surface area contributed by atoms with E-state index in [9.17, 15) is 4.79 Å². The van der Waals surface area contributed by atoms with Crippen LogP contribution in [0.3, 0.4) is 0 Å². The number of rotatable bonds is 7. The molecule has 5 nitrogen and oxygen atoms in total. The molecule has 0 unspecified atom stereocenters. The zero-order chi connectivity index (χ0) is 17.5. The molecular formula is C19H31N3O2. The van der Waals surface area contributed by atoms with Gasteiger partial charge in [0.05, 0.1) is 6.61 Å². The fourth-order valence-electron chi connectivity index (χ4n) is 3.42. The molecule has 0 atom stereocenters. The minimum absolute atomic E-state index is 0.101. The van der Waals surface area contributed by atoms with Crippen LogP contribution in [0.1, 0.15) is 29.5 Å². The molecule has 2 rings (SSSR count). The number of hydrogen-bond acceptors (Lipinski definition) is 4. The largest absolute Gasteiger partial charge is 0.395 e. The van der Waals surface area contributed by atoms with E-state index >= 15 is 0 Å². The molecule has 0 spiro atoms. The summed E-state index contributed by atoms with van der Waals surface area (Å²) >= 11 is 0. The maximum absolute atomic E-state index is 12.2. The lowest BCUT2D eigenvalue weighted by Gasteiger charge is -2.34. The smallest absolute Gasteiger partial charge is 0.224 e. The molecule has 0 aliphatic carbocycles. The van der Waals surface area contributed by atoms with Crippen molar-refractivity contribution in [2.24, 2.45) is 0 Å². The monoisotopic (exact) mass is 333 g/mol. The van der Waals surface area contributed by atoms with Gasteiger partial charge in [-0.3, -0.25) is 9.69 Å². The number of aryl methyl sites for hydroxylation is 3. The van der Waals surface area contributed by atoms with Gasteiger partial charge in [0.2, 0.25) is 5.91 Å². The Kier molecular flexibility index (Phi) is 7.21. The van der Waals surface area contributed by atoms with Crippen molar-refractivity contribution in [3.63, 3.8) is 0 Å². The van der Waals surface area contributed by atoms with E-state index in [0.29, 0.717) is 6.42 Å². The number of carbonyl (C=O) groups is 1. The Balaban J connectivity index is 1.71. The molecule has 1 amide bonds. The lowest BCUT2D eigenvalue weighted by molar-refractivity contribution is -0.116. The molecule has 0 bridgehead atoms. The first kappa shape index (κ1) is 18.9. The first-order chi connectivity index (χ1) is 11.5. The molecule has 5 heteroatoms. The number of anilines is 1.